The average molecular weight is 393 g/mol. The largest absolute Gasteiger partial charge is 0.314 e. The predicted molar refractivity (Wildman–Crippen MR) is 99.5 cm³/mol. The Bertz CT molecular complexity index is 328. The fourth-order valence-electron chi connectivity index (χ4n) is 2.10. The van der Waals surface area contributed by atoms with Crippen LogP contribution in [0.5, 0.6) is 0 Å². The standard InChI is InChI=1S/C8H16N2O.C5H12N2.C3H5BrO/c1-8(11)7-10-5-3-9(2)4-6-10;1-7-4-2-6-3-5-7;1-3(5)2-4/h3-7H2,1-2H3;6H,2-5H2,1H3;2H2,1H3. The number of rotatable bonds is 3. The summed E-state index contributed by atoms with van der Waals surface area (Å²) >= 11 is 2.96. The van der Waals surface area contributed by atoms with Crippen LogP contribution in [0.3, 0.4) is 0 Å². The maximum Gasteiger partial charge on any atom is 0.143 e. The van der Waals surface area contributed by atoms with Crippen LogP contribution in [0.1, 0.15) is 13.8 Å². The number of carbonyl (C=O) groups is 2. The number of nitrogens with zero attached hydrogens (tertiary/aromatic N) is 3. The van der Waals surface area contributed by atoms with Crippen LogP contribution in [0.4, 0.5) is 0 Å². The van der Waals surface area contributed by atoms with Crippen LogP contribution in [-0.4, -0.2) is 105 Å². The Kier molecular flexibility index (Phi) is 13.8. The summed E-state index contributed by atoms with van der Waals surface area (Å²) in [7, 11) is 4.27. The lowest BCUT2D eigenvalue weighted by atomic mass is 10.3. The first-order valence-electron chi connectivity index (χ1n) is 8.20. The number of halogens is 1. The van der Waals surface area contributed by atoms with E-state index in [2.05, 4.69) is 50.0 Å². The van der Waals surface area contributed by atoms with Crippen LogP contribution in [0.25, 0.3) is 0 Å². The SMILES string of the molecule is CC(=O)CBr.CC(=O)CN1CCN(C)CC1.CN1CCNCC1. The lowest BCUT2D eigenvalue weighted by Gasteiger charge is -2.31. The van der Waals surface area contributed by atoms with E-state index in [1.165, 1.54) is 20.0 Å². The van der Waals surface area contributed by atoms with E-state index in [1.54, 1.807) is 6.92 Å². The van der Waals surface area contributed by atoms with Crippen molar-refractivity contribution < 1.29 is 9.59 Å². The molecule has 6 nitrogen and oxygen atoms in total. The number of nitrogens with one attached hydrogen (secondary N) is 1. The van der Waals surface area contributed by atoms with Gasteiger partial charge in [0.25, 0.3) is 0 Å². The Morgan fingerprint density at radius 1 is 0.870 bits per heavy atom. The highest BCUT2D eigenvalue weighted by molar-refractivity contribution is 9.09. The number of likely N-dealkylation sites (N-methyl/N-ethyl adjacent to an activating group) is 2. The minimum atomic E-state index is 0.171. The number of Topliss-reactive ketones (excluding diaryl/α,β-unsaturated/α-hetero) is 2. The molecule has 2 aliphatic heterocycles. The van der Waals surface area contributed by atoms with Gasteiger partial charge in [-0.05, 0) is 27.9 Å². The Morgan fingerprint density at radius 2 is 1.30 bits per heavy atom. The van der Waals surface area contributed by atoms with Gasteiger partial charge in [0.15, 0.2) is 0 Å². The highest BCUT2D eigenvalue weighted by atomic mass is 79.9. The maximum absolute atomic E-state index is 10.7. The van der Waals surface area contributed by atoms with E-state index in [0.717, 1.165) is 39.3 Å². The molecule has 0 aliphatic carbocycles. The van der Waals surface area contributed by atoms with Gasteiger partial charge in [0.2, 0.25) is 0 Å². The molecule has 0 atom stereocenters. The first-order chi connectivity index (χ1) is 10.8. The summed E-state index contributed by atoms with van der Waals surface area (Å²) in [5.41, 5.74) is 0. The second-order valence-electron chi connectivity index (χ2n) is 6.17. The van der Waals surface area contributed by atoms with Crippen molar-refractivity contribution in [1.82, 2.24) is 20.0 Å². The smallest absolute Gasteiger partial charge is 0.143 e. The molecule has 1 N–H and O–H groups in total. The Morgan fingerprint density at radius 3 is 1.61 bits per heavy atom. The van der Waals surface area contributed by atoms with Crippen molar-refractivity contribution in [3.05, 3.63) is 0 Å². The minimum absolute atomic E-state index is 0.171. The van der Waals surface area contributed by atoms with Gasteiger partial charge in [0.1, 0.15) is 11.6 Å². The Hall–Kier alpha value is -0.340. The highest BCUT2D eigenvalue weighted by Gasteiger charge is 2.14. The topological polar surface area (TPSA) is 55.9 Å². The summed E-state index contributed by atoms with van der Waals surface area (Å²) in [4.78, 5) is 27.3. The number of carbonyl (C=O) groups excluding carboxylic acids is 2. The van der Waals surface area contributed by atoms with Gasteiger partial charge in [0.05, 0.1) is 11.9 Å². The molecule has 2 saturated heterocycles. The van der Waals surface area contributed by atoms with Crippen LogP contribution in [0, 0.1) is 0 Å². The van der Waals surface area contributed by atoms with Gasteiger partial charge in [-0.3, -0.25) is 14.5 Å². The van der Waals surface area contributed by atoms with Crippen molar-refractivity contribution in [2.45, 2.75) is 13.8 Å². The van der Waals surface area contributed by atoms with E-state index in [0.29, 0.717) is 11.9 Å². The van der Waals surface area contributed by atoms with Gasteiger partial charge in [-0.15, -0.1) is 0 Å². The molecule has 0 bridgehead atoms. The summed E-state index contributed by atoms with van der Waals surface area (Å²) in [6, 6.07) is 0. The normalized spacial score (nSPS) is 19.9. The average Bonchev–Trinajstić information content (AvgIpc) is 2.51. The van der Waals surface area contributed by atoms with Crippen molar-refractivity contribution in [3.63, 3.8) is 0 Å². The molecule has 0 aromatic carbocycles. The van der Waals surface area contributed by atoms with Gasteiger partial charge >= 0.3 is 0 Å². The molecule has 2 rings (SSSR count). The molecular formula is C16H33BrN4O2. The third-order valence-corrected chi connectivity index (χ3v) is 4.36. The van der Waals surface area contributed by atoms with E-state index >= 15 is 0 Å². The Labute approximate surface area is 149 Å². The molecule has 0 saturated carbocycles. The van der Waals surface area contributed by atoms with Crippen molar-refractivity contribution in [2.24, 2.45) is 0 Å². The van der Waals surface area contributed by atoms with Crippen LogP contribution in [-0.2, 0) is 9.59 Å². The second kappa shape index (κ2) is 14.0. The van der Waals surface area contributed by atoms with Crippen molar-refractivity contribution in [3.8, 4) is 0 Å². The van der Waals surface area contributed by atoms with Crippen molar-refractivity contribution >= 4 is 27.5 Å². The van der Waals surface area contributed by atoms with Crippen molar-refractivity contribution in [2.75, 3.05) is 78.3 Å². The maximum atomic E-state index is 10.7. The zero-order valence-electron chi connectivity index (χ0n) is 15.1. The summed E-state index contributed by atoms with van der Waals surface area (Å²) in [6.07, 6.45) is 0. The van der Waals surface area contributed by atoms with Gasteiger partial charge in [0, 0.05) is 52.4 Å². The molecule has 0 aromatic heterocycles. The monoisotopic (exact) mass is 392 g/mol. The molecule has 2 heterocycles. The minimum Gasteiger partial charge on any atom is -0.314 e. The number of alkyl halides is 1. The molecule has 0 aromatic rings. The molecular weight excluding hydrogens is 360 g/mol. The van der Waals surface area contributed by atoms with Crippen LogP contribution in [0.2, 0.25) is 0 Å². The molecule has 0 unspecified atom stereocenters. The van der Waals surface area contributed by atoms with Gasteiger partial charge in [-0.2, -0.15) is 0 Å². The van der Waals surface area contributed by atoms with Crippen molar-refractivity contribution in [1.29, 1.82) is 0 Å². The number of ketones is 2. The van der Waals surface area contributed by atoms with Gasteiger partial charge < -0.3 is 15.1 Å². The van der Waals surface area contributed by atoms with E-state index in [9.17, 15) is 9.59 Å². The summed E-state index contributed by atoms with van der Waals surface area (Å²) in [6.45, 7) is 12.8. The number of hydrogen-bond acceptors (Lipinski definition) is 6. The Balaban J connectivity index is 0.000000347. The number of piperazine rings is 2. The lowest BCUT2D eigenvalue weighted by Crippen LogP contribution is -2.45. The molecule has 2 aliphatic rings. The fraction of sp³-hybridized carbons (Fsp3) is 0.875. The van der Waals surface area contributed by atoms with E-state index in [4.69, 9.17) is 0 Å². The summed E-state index contributed by atoms with van der Waals surface area (Å²) in [5.74, 6) is 0.444. The lowest BCUT2D eigenvalue weighted by molar-refractivity contribution is -0.118. The van der Waals surface area contributed by atoms with E-state index in [1.807, 2.05) is 0 Å². The molecule has 0 amide bonds. The first-order valence-corrected chi connectivity index (χ1v) is 9.32. The van der Waals surface area contributed by atoms with Crippen LogP contribution >= 0.6 is 15.9 Å². The molecule has 7 heteroatoms. The first kappa shape index (κ1) is 22.7. The van der Waals surface area contributed by atoms with Gasteiger partial charge in [-0.25, -0.2) is 0 Å². The molecule has 23 heavy (non-hydrogen) atoms. The summed E-state index contributed by atoms with van der Waals surface area (Å²) in [5, 5.41) is 3.75. The fourth-order valence-corrected chi connectivity index (χ4v) is 2.10. The third kappa shape index (κ3) is 15.0. The summed E-state index contributed by atoms with van der Waals surface area (Å²) < 4.78 is 0. The zero-order valence-corrected chi connectivity index (χ0v) is 16.7. The van der Waals surface area contributed by atoms with E-state index in [-0.39, 0.29) is 11.6 Å². The van der Waals surface area contributed by atoms with Gasteiger partial charge in [-0.1, -0.05) is 15.9 Å². The third-order valence-electron chi connectivity index (χ3n) is 3.57. The van der Waals surface area contributed by atoms with E-state index < -0.39 is 0 Å². The highest BCUT2D eigenvalue weighted by Crippen LogP contribution is 1.97. The molecule has 136 valence electrons. The van der Waals surface area contributed by atoms with Crippen LogP contribution in [0.15, 0.2) is 0 Å². The molecule has 0 radical (unpaired) electrons. The second-order valence-corrected chi connectivity index (χ2v) is 6.73. The predicted octanol–water partition coefficient (Wildman–Crippen LogP) is 0.315. The zero-order chi connectivity index (χ0) is 17.7. The molecule has 0 spiro atoms. The molecule has 2 fully saturated rings. The number of hydrogen-bond donors (Lipinski definition) is 1. The van der Waals surface area contributed by atoms with Crippen LogP contribution < -0.4 is 5.32 Å². The quantitative estimate of drug-likeness (QED) is 0.697.